The molecule has 14 heavy (non-hydrogen) atoms. The summed E-state index contributed by atoms with van der Waals surface area (Å²) in [4.78, 5) is 2.46. The van der Waals surface area contributed by atoms with Gasteiger partial charge in [-0.3, -0.25) is 4.90 Å². The van der Waals surface area contributed by atoms with Gasteiger partial charge in [0.2, 0.25) is 0 Å². The summed E-state index contributed by atoms with van der Waals surface area (Å²) in [7, 11) is 0. The maximum atomic E-state index is 6.14. The third-order valence-corrected chi connectivity index (χ3v) is 3.10. The lowest BCUT2D eigenvalue weighted by Crippen LogP contribution is -2.31. The molecule has 2 heteroatoms. The molecule has 1 heterocycles. The molecule has 2 N–H and O–H groups in total. The highest BCUT2D eigenvalue weighted by Crippen LogP contribution is 2.30. The van der Waals surface area contributed by atoms with Gasteiger partial charge in [0, 0.05) is 18.6 Å². The Labute approximate surface area is 85.7 Å². The molecule has 0 amide bonds. The minimum atomic E-state index is 0.303. The predicted octanol–water partition coefficient (Wildman–Crippen LogP) is 1.78. The van der Waals surface area contributed by atoms with E-state index in [1.54, 1.807) is 0 Å². The fraction of sp³-hybridized carbons (Fsp3) is 0.500. The lowest BCUT2D eigenvalue weighted by atomic mass is 10.0. The van der Waals surface area contributed by atoms with Crippen LogP contribution in [-0.4, -0.2) is 24.0 Å². The van der Waals surface area contributed by atoms with Crippen LogP contribution in [0.3, 0.4) is 0 Å². The topological polar surface area (TPSA) is 29.3 Å². The molecule has 0 saturated carbocycles. The molecular weight excluding hydrogens is 172 g/mol. The molecule has 1 aromatic rings. The summed E-state index contributed by atoms with van der Waals surface area (Å²) >= 11 is 0. The highest BCUT2D eigenvalue weighted by atomic mass is 15.2. The van der Waals surface area contributed by atoms with Crippen molar-refractivity contribution in [3.05, 3.63) is 35.9 Å². The van der Waals surface area contributed by atoms with Crippen molar-refractivity contribution in [2.24, 2.45) is 5.73 Å². The van der Waals surface area contributed by atoms with E-state index in [-0.39, 0.29) is 0 Å². The largest absolute Gasteiger partial charge is 0.326 e. The molecule has 0 spiro atoms. The van der Waals surface area contributed by atoms with E-state index in [4.69, 9.17) is 5.73 Å². The van der Waals surface area contributed by atoms with Crippen molar-refractivity contribution in [1.82, 2.24) is 4.90 Å². The Kier molecular flexibility index (Phi) is 2.85. The molecule has 1 aromatic carbocycles. The Morgan fingerprint density at radius 1 is 1.36 bits per heavy atom. The Bertz CT molecular complexity index is 284. The van der Waals surface area contributed by atoms with E-state index in [1.165, 1.54) is 5.56 Å². The normalized spacial score (nSPS) is 28.1. The molecule has 2 rings (SSSR count). The van der Waals surface area contributed by atoms with E-state index in [0.29, 0.717) is 12.1 Å². The van der Waals surface area contributed by atoms with Crippen LogP contribution in [0, 0.1) is 0 Å². The predicted molar refractivity (Wildman–Crippen MR) is 59.0 cm³/mol. The molecule has 0 aromatic heterocycles. The third-order valence-electron chi connectivity index (χ3n) is 3.10. The summed E-state index contributed by atoms with van der Waals surface area (Å²) < 4.78 is 0. The monoisotopic (exact) mass is 190 g/mol. The molecule has 2 atom stereocenters. The maximum Gasteiger partial charge on any atom is 0.0499 e. The van der Waals surface area contributed by atoms with Crippen LogP contribution in [0.2, 0.25) is 0 Å². The van der Waals surface area contributed by atoms with Gasteiger partial charge in [-0.1, -0.05) is 37.3 Å². The smallest absolute Gasteiger partial charge is 0.0499 e. The number of likely N-dealkylation sites (tertiary alicyclic amines) is 1. The van der Waals surface area contributed by atoms with E-state index in [0.717, 1.165) is 19.5 Å². The lowest BCUT2D eigenvalue weighted by Gasteiger charge is -2.25. The number of rotatable bonds is 2. The molecule has 1 saturated heterocycles. The second-order valence-electron chi connectivity index (χ2n) is 3.94. The third kappa shape index (κ3) is 1.68. The van der Waals surface area contributed by atoms with E-state index in [9.17, 15) is 0 Å². The van der Waals surface area contributed by atoms with E-state index in [2.05, 4.69) is 42.2 Å². The van der Waals surface area contributed by atoms with Crippen LogP contribution >= 0.6 is 0 Å². The second-order valence-corrected chi connectivity index (χ2v) is 3.94. The standard InChI is InChI=1S/C12H18N2/c1-2-14-9-8-11(13)12(14)10-6-4-3-5-7-10/h3-7,11-12H,2,8-9,13H2,1H3. The zero-order valence-electron chi connectivity index (χ0n) is 8.69. The van der Waals surface area contributed by atoms with E-state index < -0.39 is 0 Å². The molecule has 1 fully saturated rings. The van der Waals surface area contributed by atoms with Gasteiger partial charge >= 0.3 is 0 Å². The lowest BCUT2D eigenvalue weighted by molar-refractivity contribution is 0.261. The molecule has 0 bridgehead atoms. The zero-order valence-corrected chi connectivity index (χ0v) is 8.69. The molecule has 1 aliphatic rings. The van der Waals surface area contributed by atoms with Gasteiger partial charge < -0.3 is 5.73 Å². The van der Waals surface area contributed by atoms with Crippen LogP contribution in [-0.2, 0) is 0 Å². The summed E-state index contributed by atoms with van der Waals surface area (Å²) in [5.41, 5.74) is 7.50. The van der Waals surface area contributed by atoms with Crippen LogP contribution in [0.4, 0.5) is 0 Å². The second kappa shape index (κ2) is 4.11. The summed E-state index contributed by atoms with van der Waals surface area (Å²) in [5, 5.41) is 0. The van der Waals surface area contributed by atoms with Crippen LogP contribution in [0.15, 0.2) is 30.3 Å². The van der Waals surface area contributed by atoms with Crippen molar-refractivity contribution in [3.8, 4) is 0 Å². The van der Waals surface area contributed by atoms with Crippen molar-refractivity contribution in [1.29, 1.82) is 0 Å². The van der Waals surface area contributed by atoms with Crippen LogP contribution < -0.4 is 5.73 Å². The number of likely N-dealkylation sites (N-methyl/N-ethyl adjacent to an activating group) is 1. The number of nitrogens with two attached hydrogens (primary N) is 1. The molecule has 2 unspecified atom stereocenters. The van der Waals surface area contributed by atoms with Crippen LogP contribution in [0.5, 0.6) is 0 Å². The number of nitrogens with zero attached hydrogens (tertiary/aromatic N) is 1. The Balaban J connectivity index is 2.23. The van der Waals surface area contributed by atoms with Gasteiger partial charge in [0.1, 0.15) is 0 Å². The minimum absolute atomic E-state index is 0.303. The van der Waals surface area contributed by atoms with Crippen molar-refractivity contribution in [2.75, 3.05) is 13.1 Å². The van der Waals surface area contributed by atoms with Crippen LogP contribution in [0.1, 0.15) is 24.9 Å². The summed E-state index contributed by atoms with van der Waals surface area (Å²) in [5.74, 6) is 0. The average Bonchev–Trinajstić information content (AvgIpc) is 2.61. The first-order valence-electron chi connectivity index (χ1n) is 5.37. The Morgan fingerprint density at radius 2 is 2.07 bits per heavy atom. The summed E-state index contributed by atoms with van der Waals surface area (Å²) in [6, 6.07) is 11.3. The average molecular weight is 190 g/mol. The molecular formula is C12H18N2. The van der Waals surface area contributed by atoms with Gasteiger partial charge in [0.25, 0.3) is 0 Å². The Morgan fingerprint density at radius 3 is 2.71 bits per heavy atom. The van der Waals surface area contributed by atoms with Crippen molar-refractivity contribution in [2.45, 2.75) is 25.4 Å². The van der Waals surface area contributed by atoms with Crippen LogP contribution in [0.25, 0.3) is 0 Å². The van der Waals surface area contributed by atoms with Crippen molar-refractivity contribution >= 4 is 0 Å². The van der Waals surface area contributed by atoms with Gasteiger partial charge in [-0.2, -0.15) is 0 Å². The summed E-state index contributed by atoms with van der Waals surface area (Å²) in [6.07, 6.45) is 1.12. The Hall–Kier alpha value is -0.860. The van der Waals surface area contributed by atoms with Crippen molar-refractivity contribution in [3.63, 3.8) is 0 Å². The first-order chi connectivity index (χ1) is 6.83. The SMILES string of the molecule is CCN1CCC(N)C1c1ccccc1. The van der Waals surface area contributed by atoms with E-state index >= 15 is 0 Å². The zero-order chi connectivity index (χ0) is 9.97. The van der Waals surface area contributed by atoms with Crippen molar-refractivity contribution < 1.29 is 0 Å². The molecule has 1 aliphatic heterocycles. The highest BCUT2D eigenvalue weighted by Gasteiger charge is 2.31. The molecule has 0 aliphatic carbocycles. The molecule has 2 nitrogen and oxygen atoms in total. The summed E-state index contributed by atoms with van der Waals surface area (Å²) in [6.45, 7) is 4.43. The number of hydrogen-bond donors (Lipinski definition) is 1. The maximum absolute atomic E-state index is 6.14. The minimum Gasteiger partial charge on any atom is -0.326 e. The molecule has 0 radical (unpaired) electrons. The fourth-order valence-corrected chi connectivity index (χ4v) is 2.35. The van der Waals surface area contributed by atoms with E-state index in [1.807, 2.05) is 0 Å². The van der Waals surface area contributed by atoms with Gasteiger partial charge in [0.05, 0.1) is 0 Å². The number of benzene rings is 1. The first kappa shape index (κ1) is 9.69. The molecule has 76 valence electrons. The first-order valence-corrected chi connectivity index (χ1v) is 5.37. The fourth-order valence-electron chi connectivity index (χ4n) is 2.35. The quantitative estimate of drug-likeness (QED) is 0.770. The van der Waals surface area contributed by atoms with Gasteiger partial charge in [-0.05, 0) is 18.5 Å². The van der Waals surface area contributed by atoms with Gasteiger partial charge in [0.15, 0.2) is 0 Å². The van der Waals surface area contributed by atoms with Gasteiger partial charge in [-0.25, -0.2) is 0 Å². The highest BCUT2D eigenvalue weighted by molar-refractivity contribution is 5.22. The number of hydrogen-bond acceptors (Lipinski definition) is 2. The van der Waals surface area contributed by atoms with Gasteiger partial charge in [-0.15, -0.1) is 0 Å².